The van der Waals surface area contributed by atoms with Crippen molar-refractivity contribution in [2.24, 2.45) is 11.3 Å². The third-order valence-corrected chi connectivity index (χ3v) is 11.7. The summed E-state index contributed by atoms with van der Waals surface area (Å²) in [6, 6.07) is 17.1. The molecule has 0 radical (unpaired) electrons. The number of hydrogen-bond donors (Lipinski definition) is 0. The van der Waals surface area contributed by atoms with Crippen molar-refractivity contribution < 1.29 is 66.3 Å². The molecule has 0 saturated heterocycles. The molecule has 1 aliphatic rings. The van der Waals surface area contributed by atoms with Crippen molar-refractivity contribution in [2.75, 3.05) is 40.6 Å². The highest BCUT2D eigenvalue weighted by Crippen LogP contribution is 2.41. The Morgan fingerprint density at radius 3 is 1.68 bits per heavy atom. The molecule has 0 unspecified atom stereocenters. The van der Waals surface area contributed by atoms with E-state index in [1.807, 2.05) is 6.07 Å². The third kappa shape index (κ3) is 15.9. The molecule has 0 amide bonds. The van der Waals surface area contributed by atoms with E-state index in [0.29, 0.717) is 28.2 Å². The Labute approximate surface area is 398 Å². The van der Waals surface area contributed by atoms with Gasteiger partial charge in [-0.15, -0.1) is 0 Å². The first-order chi connectivity index (χ1) is 32.4. The Balaban J connectivity index is 1.61. The molecule has 0 spiro atoms. The zero-order valence-electron chi connectivity index (χ0n) is 39.8. The molecule has 0 aromatic heterocycles. The molecule has 3 aromatic carbocycles. The van der Waals surface area contributed by atoms with Crippen LogP contribution in [0.5, 0.6) is 11.5 Å². The van der Waals surface area contributed by atoms with E-state index in [1.54, 1.807) is 54.6 Å². The second-order valence-electron chi connectivity index (χ2n) is 17.4. The van der Waals surface area contributed by atoms with Gasteiger partial charge in [0.25, 0.3) is 0 Å². The minimum Gasteiger partial charge on any atom is -0.493 e. The quantitative estimate of drug-likeness (QED) is 0.0259. The van der Waals surface area contributed by atoms with E-state index in [0.717, 1.165) is 51.4 Å². The second kappa shape index (κ2) is 25.9. The van der Waals surface area contributed by atoms with Crippen molar-refractivity contribution in [3.8, 4) is 33.8 Å². The van der Waals surface area contributed by atoms with Crippen molar-refractivity contribution in [3.63, 3.8) is 0 Å². The summed E-state index contributed by atoms with van der Waals surface area (Å²) < 4.78 is 53.7. The summed E-state index contributed by atoms with van der Waals surface area (Å²) >= 11 is 0. The lowest BCUT2D eigenvalue weighted by atomic mass is 9.77. The molecule has 14 heteroatoms. The minimum atomic E-state index is -1.60. The Hall–Kier alpha value is -6.83. The van der Waals surface area contributed by atoms with E-state index in [4.69, 9.17) is 23.7 Å². The molecular weight excluding hydrogens is 876 g/mol. The molecule has 1 aliphatic carbocycles. The van der Waals surface area contributed by atoms with Gasteiger partial charge in [0.05, 0.1) is 27.1 Å². The molecule has 1 saturated carbocycles. The SMILES string of the molecule is C=C(C)C(=O)OCC(COC(=O)C(=C)CC(=O)OC)(COC(=O)C(=C)CC(=O)OC)COc1ccc(-c2ccc(-c3ccc(C4CCC(CCCCC)CC4)cc3F)cc2OC(=O)C(=C)C)cc1. The van der Waals surface area contributed by atoms with E-state index in [1.165, 1.54) is 39.5 Å². The average Bonchev–Trinajstić information content (AvgIpc) is 3.33. The van der Waals surface area contributed by atoms with Crippen molar-refractivity contribution in [1.82, 2.24) is 0 Å². The molecule has 68 heavy (non-hydrogen) atoms. The average molecular weight is 939 g/mol. The molecule has 0 heterocycles. The van der Waals surface area contributed by atoms with Crippen LogP contribution in [0.15, 0.2) is 109 Å². The van der Waals surface area contributed by atoms with Crippen molar-refractivity contribution in [1.29, 1.82) is 0 Å². The normalized spacial score (nSPS) is 14.4. The molecule has 364 valence electrons. The first-order valence-electron chi connectivity index (χ1n) is 22.6. The van der Waals surface area contributed by atoms with Gasteiger partial charge < -0.3 is 33.2 Å². The van der Waals surface area contributed by atoms with Crippen LogP contribution in [0.25, 0.3) is 22.3 Å². The van der Waals surface area contributed by atoms with E-state index in [-0.39, 0.29) is 39.6 Å². The topological polar surface area (TPSA) is 167 Å². The fourth-order valence-electron chi connectivity index (χ4n) is 7.52. The van der Waals surface area contributed by atoms with Crippen LogP contribution in [-0.4, -0.2) is 76.5 Å². The van der Waals surface area contributed by atoms with Gasteiger partial charge >= 0.3 is 35.8 Å². The lowest BCUT2D eigenvalue weighted by Gasteiger charge is -2.32. The van der Waals surface area contributed by atoms with Gasteiger partial charge in [0, 0.05) is 33.4 Å². The Morgan fingerprint density at radius 2 is 1.16 bits per heavy atom. The van der Waals surface area contributed by atoms with Gasteiger partial charge in [0.2, 0.25) is 0 Å². The smallest absolute Gasteiger partial charge is 0.338 e. The number of hydrogen-bond acceptors (Lipinski definition) is 13. The summed E-state index contributed by atoms with van der Waals surface area (Å²) in [6.45, 7) is 17.6. The van der Waals surface area contributed by atoms with Gasteiger partial charge in [-0.2, -0.15) is 0 Å². The summed E-state index contributed by atoms with van der Waals surface area (Å²) in [4.78, 5) is 75.2. The molecule has 13 nitrogen and oxygen atoms in total. The predicted molar refractivity (Wildman–Crippen MR) is 254 cm³/mol. The highest BCUT2D eigenvalue weighted by atomic mass is 19.1. The Kier molecular flexibility index (Phi) is 20.5. The van der Waals surface area contributed by atoms with Crippen LogP contribution in [0.4, 0.5) is 4.39 Å². The van der Waals surface area contributed by atoms with E-state index in [9.17, 15) is 28.8 Å². The molecule has 4 rings (SSSR count). The second-order valence-corrected chi connectivity index (χ2v) is 17.4. The number of carbonyl (C=O) groups excluding carboxylic acids is 6. The molecule has 1 fully saturated rings. The molecule has 0 atom stereocenters. The van der Waals surface area contributed by atoms with Crippen LogP contribution in [0, 0.1) is 17.2 Å². The molecule has 0 aliphatic heterocycles. The zero-order valence-corrected chi connectivity index (χ0v) is 39.8. The first-order valence-corrected chi connectivity index (χ1v) is 22.6. The number of esters is 6. The predicted octanol–water partition coefficient (Wildman–Crippen LogP) is 10.3. The third-order valence-electron chi connectivity index (χ3n) is 11.7. The summed E-state index contributed by atoms with van der Waals surface area (Å²) in [5.74, 6) is -3.83. The number of unbranched alkanes of at least 4 members (excludes halogenated alkanes) is 2. The van der Waals surface area contributed by atoms with Gasteiger partial charge in [-0.1, -0.05) is 95.3 Å². The highest BCUT2D eigenvalue weighted by molar-refractivity contribution is 5.94. The highest BCUT2D eigenvalue weighted by Gasteiger charge is 2.38. The minimum absolute atomic E-state index is 0.0485. The fraction of sp³-hybridized carbons (Fsp3) is 0.407. The summed E-state index contributed by atoms with van der Waals surface area (Å²) in [5.41, 5.74) is 1.07. The first kappa shape index (κ1) is 53.8. The number of methoxy groups -OCH3 is 2. The number of ether oxygens (including phenoxy) is 7. The Morgan fingerprint density at radius 1 is 0.632 bits per heavy atom. The van der Waals surface area contributed by atoms with Crippen LogP contribution in [0.3, 0.4) is 0 Å². The van der Waals surface area contributed by atoms with Gasteiger partial charge in [-0.05, 0) is 92.3 Å². The van der Waals surface area contributed by atoms with Crippen molar-refractivity contribution >= 4 is 35.8 Å². The van der Waals surface area contributed by atoms with E-state index >= 15 is 4.39 Å². The standard InChI is InChI=1S/C54H63FO13/c1-10-11-12-13-38-14-16-39(17-15-38)41-20-24-44(46(55)28-41)42-21-25-45(47(29-42)68-51(59)35(4)5)40-18-22-43(23-19-40)64-30-54(31-65-50(58)34(2)3,32-66-52(60)36(6)26-48(56)62-8)33-67-53(61)37(7)27-49(57)63-9/h18-25,28-29,38-39H,2,4,6-7,10-17,26-27,30-33H2,1,3,5,8-9H3. The molecule has 0 bridgehead atoms. The number of halogens is 1. The maximum absolute atomic E-state index is 16.0. The summed E-state index contributed by atoms with van der Waals surface area (Å²) in [7, 11) is 2.28. The van der Waals surface area contributed by atoms with Crippen molar-refractivity contribution in [3.05, 3.63) is 121 Å². The van der Waals surface area contributed by atoms with Crippen LogP contribution in [0.2, 0.25) is 0 Å². The molecule has 0 N–H and O–H groups in total. The van der Waals surface area contributed by atoms with Crippen LogP contribution < -0.4 is 9.47 Å². The van der Waals surface area contributed by atoms with E-state index in [2.05, 4.69) is 42.7 Å². The summed E-state index contributed by atoms with van der Waals surface area (Å²) in [6.07, 6.45) is 8.44. The van der Waals surface area contributed by atoms with Gasteiger partial charge in [0.15, 0.2) is 0 Å². The number of carbonyl (C=O) groups is 6. The molecular formula is C54H63FO13. The van der Waals surface area contributed by atoms with Gasteiger partial charge in [-0.3, -0.25) is 9.59 Å². The van der Waals surface area contributed by atoms with Gasteiger partial charge in [0.1, 0.15) is 49.2 Å². The maximum Gasteiger partial charge on any atom is 0.338 e. The summed E-state index contributed by atoms with van der Waals surface area (Å²) in [5, 5.41) is 0. The van der Waals surface area contributed by atoms with Crippen LogP contribution in [0.1, 0.15) is 96.5 Å². The lowest BCUT2D eigenvalue weighted by Crippen LogP contribution is -2.44. The fourth-order valence-corrected chi connectivity index (χ4v) is 7.52. The lowest BCUT2D eigenvalue weighted by molar-refractivity contribution is -0.161. The zero-order chi connectivity index (χ0) is 50.0. The number of benzene rings is 3. The monoisotopic (exact) mass is 938 g/mol. The Bertz CT molecular complexity index is 2310. The van der Waals surface area contributed by atoms with Crippen molar-refractivity contribution in [2.45, 2.75) is 90.9 Å². The number of rotatable bonds is 25. The van der Waals surface area contributed by atoms with Crippen LogP contribution in [-0.2, 0) is 52.5 Å². The largest absolute Gasteiger partial charge is 0.493 e. The maximum atomic E-state index is 16.0. The van der Waals surface area contributed by atoms with Gasteiger partial charge in [-0.25, -0.2) is 23.6 Å². The van der Waals surface area contributed by atoms with E-state index < -0.39 is 80.5 Å². The molecule has 3 aromatic rings. The van der Waals surface area contributed by atoms with Crippen LogP contribution >= 0.6 is 0 Å².